The molecule has 1 saturated heterocycles. The largest absolute Gasteiger partial charge is 0.352 e. The number of H-pyrrole nitrogens is 1. The van der Waals surface area contributed by atoms with E-state index in [1.165, 1.54) is 22.3 Å². The molecule has 1 amide bonds. The molecule has 2 aromatic rings. The van der Waals surface area contributed by atoms with Crippen LogP contribution in [0.3, 0.4) is 0 Å². The monoisotopic (exact) mass is 353 g/mol. The molecule has 1 aliphatic carbocycles. The number of carbonyl (C=O) groups is 1. The lowest BCUT2D eigenvalue weighted by atomic mass is 10.00. The summed E-state index contributed by atoms with van der Waals surface area (Å²) in [4.78, 5) is 14.7. The Labute approximate surface area is 154 Å². The van der Waals surface area contributed by atoms with Crippen LogP contribution in [0.15, 0.2) is 24.4 Å². The minimum atomic E-state index is -0.125. The van der Waals surface area contributed by atoms with Crippen LogP contribution < -0.4 is 10.6 Å². The topological polar surface area (TPSA) is 73.0 Å². The third-order valence-corrected chi connectivity index (χ3v) is 5.27. The molecule has 0 radical (unpaired) electrons. The zero-order chi connectivity index (χ0) is 18.1. The number of amides is 1. The number of rotatable bonds is 5. The van der Waals surface area contributed by atoms with Gasteiger partial charge in [0.2, 0.25) is 5.91 Å². The lowest BCUT2D eigenvalue weighted by molar-refractivity contribution is -0.124. The van der Waals surface area contributed by atoms with E-state index in [9.17, 15) is 4.79 Å². The molecular weight excluding hydrogens is 326 g/mol. The van der Waals surface area contributed by atoms with Crippen LogP contribution in [0.25, 0.3) is 11.3 Å². The molecule has 1 atom stereocenters. The second-order valence-electron chi connectivity index (χ2n) is 7.61. The normalized spacial score (nSPS) is 20.9. The quantitative estimate of drug-likeness (QED) is 0.766. The van der Waals surface area contributed by atoms with Crippen LogP contribution >= 0.6 is 0 Å². The van der Waals surface area contributed by atoms with Gasteiger partial charge in [-0.2, -0.15) is 5.10 Å². The van der Waals surface area contributed by atoms with Crippen molar-refractivity contribution in [2.24, 2.45) is 0 Å². The Bertz CT molecular complexity index is 795. The Hall–Kier alpha value is -2.18. The van der Waals surface area contributed by atoms with Crippen molar-refractivity contribution in [1.29, 1.82) is 0 Å². The number of nitrogens with one attached hydrogen (secondary N) is 3. The van der Waals surface area contributed by atoms with E-state index in [0.29, 0.717) is 6.04 Å². The Morgan fingerprint density at radius 2 is 2.19 bits per heavy atom. The molecule has 0 unspecified atom stereocenters. The number of aromatic amines is 1. The minimum absolute atomic E-state index is 0.125. The highest BCUT2D eigenvalue weighted by atomic mass is 16.2. The van der Waals surface area contributed by atoms with Gasteiger partial charge in [0.25, 0.3) is 0 Å². The summed E-state index contributed by atoms with van der Waals surface area (Å²) < 4.78 is 0. The molecule has 1 aliphatic heterocycles. The molecule has 2 heterocycles. The maximum Gasteiger partial charge on any atom is 0.238 e. The van der Waals surface area contributed by atoms with E-state index in [-0.39, 0.29) is 11.9 Å². The standard InChI is InChI=1S/C20H27N5O/c1-13-3-4-14(2)17(9-13)19-15(10-22-24-19)11-25-8-7-21-18(12-25)20(26)23-16-5-6-16/h3-4,9-10,16,18,21H,5-8,11-12H2,1-2H3,(H,22,24)(H,23,26)/t18-/m1/s1. The van der Waals surface area contributed by atoms with Gasteiger partial charge in [0, 0.05) is 43.3 Å². The van der Waals surface area contributed by atoms with E-state index in [4.69, 9.17) is 0 Å². The van der Waals surface area contributed by atoms with Gasteiger partial charge in [0.1, 0.15) is 0 Å². The predicted molar refractivity (Wildman–Crippen MR) is 102 cm³/mol. The molecule has 6 heteroatoms. The molecule has 26 heavy (non-hydrogen) atoms. The summed E-state index contributed by atoms with van der Waals surface area (Å²) >= 11 is 0. The van der Waals surface area contributed by atoms with Crippen LogP contribution in [0, 0.1) is 13.8 Å². The van der Waals surface area contributed by atoms with Crippen molar-refractivity contribution in [2.75, 3.05) is 19.6 Å². The summed E-state index contributed by atoms with van der Waals surface area (Å²) in [6.45, 7) is 7.54. The number of hydrogen-bond acceptors (Lipinski definition) is 4. The van der Waals surface area contributed by atoms with Crippen LogP contribution in [-0.2, 0) is 11.3 Å². The van der Waals surface area contributed by atoms with Crippen LogP contribution in [0.1, 0.15) is 29.5 Å². The van der Waals surface area contributed by atoms with Gasteiger partial charge in [-0.3, -0.25) is 14.8 Å². The van der Waals surface area contributed by atoms with Crippen LogP contribution in [-0.4, -0.2) is 52.7 Å². The molecule has 1 aromatic heterocycles. The van der Waals surface area contributed by atoms with E-state index in [1.807, 2.05) is 6.20 Å². The van der Waals surface area contributed by atoms with Gasteiger partial charge in [-0.1, -0.05) is 17.7 Å². The van der Waals surface area contributed by atoms with Crippen molar-refractivity contribution in [3.8, 4) is 11.3 Å². The van der Waals surface area contributed by atoms with E-state index in [0.717, 1.165) is 44.7 Å². The molecular formula is C20H27N5O. The molecule has 2 aliphatic rings. The maximum atomic E-state index is 12.3. The Morgan fingerprint density at radius 3 is 3.00 bits per heavy atom. The summed E-state index contributed by atoms with van der Waals surface area (Å²) in [5.74, 6) is 0.138. The van der Waals surface area contributed by atoms with Crippen LogP contribution in [0.4, 0.5) is 0 Å². The number of piperazine rings is 1. The average molecular weight is 353 g/mol. The third-order valence-electron chi connectivity index (χ3n) is 5.27. The summed E-state index contributed by atoms with van der Waals surface area (Å²) in [7, 11) is 0. The van der Waals surface area contributed by atoms with Crippen molar-refractivity contribution in [3.63, 3.8) is 0 Å². The van der Waals surface area contributed by atoms with Gasteiger partial charge >= 0.3 is 0 Å². The zero-order valence-electron chi connectivity index (χ0n) is 15.5. The van der Waals surface area contributed by atoms with E-state index in [1.54, 1.807) is 0 Å². The number of hydrogen-bond donors (Lipinski definition) is 3. The zero-order valence-corrected chi connectivity index (χ0v) is 15.5. The first kappa shape index (κ1) is 17.2. The van der Waals surface area contributed by atoms with Crippen LogP contribution in [0.2, 0.25) is 0 Å². The average Bonchev–Trinajstić information content (AvgIpc) is 3.33. The van der Waals surface area contributed by atoms with E-state index < -0.39 is 0 Å². The van der Waals surface area contributed by atoms with Gasteiger partial charge in [-0.25, -0.2) is 0 Å². The molecule has 0 spiro atoms. The van der Waals surface area contributed by atoms with Gasteiger partial charge in [-0.05, 0) is 38.3 Å². The number of nitrogens with zero attached hydrogens (tertiary/aromatic N) is 2. The van der Waals surface area contributed by atoms with E-state index >= 15 is 0 Å². The fourth-order valence-corrected chi connectivity index (χ4v) is 3.57. The maximum absolute atomic E-state index is 12.3. The summed E-state index contributed by atoms with van der Waals surface area (Å²) in [5, 5.41) is 13.9. The van der Waals surface area contributed by atoms with Gasteiger partial charge in [0.05, 0.1) is 17.9 Å². The Kier molecular flexibility index (Phi) is 4.78. The molecule has 6 nitrogen and oxygen atoms in total. The van der Waals surface area contributed by atoms with Crippen molar-refractivity contribution < 1.29 is 4.79 Å². The fourth-order valence-electron chi connectivity index (χ4n) is 3.57. The van der Waals surface area contributed by atoms with E-state index in [2.05, 4.69) is 57.8 Å². The summed E-state index contributed by atoms with van der Waals surface area (Å²) in [6.07, 6.45) is 4.16. The fraction of sp³-hybridized carbons (Fsp3) is 0.500. The van der Waals surface area contributed by atoms with Crippen molar-refractivity contribution in [1.82, 2.24) is 25.7 Å². The first-order valence-corrected chi connectivity index (χ1v) is 9.46. The first-order chi connectivity index (χ1) is 12.6. The first-order valence-electron chi connectivity index (χ1n) is 9.46. The Balaban J connectivity index is 1.46. The lowest BCUT2D eigenvalue weighted by Gasteiger charge is -2.32. The van der Waals surface area contributed by atoms with Gasteiger partial charge < -0.3 is 10.6 Å². The van der Waals surface area contributed by atoms with Crippen molar-refractivity contribution in [3.05, 3.63) is 41.1 Å². The highest BCUT2D eigenvalue weighted by Crippen LogP contribution is 2.27. The molecule has 0 bridgehead atoms. The lowest BCUT2D eigenvalue weighted by Crippen LogP contribution is -2.57. The number of benzene rings is 1. The van der Waals surface area contributed by atoms with Crippen molar-refractivity contribution in [2.45, 2.75) is 45.3 Å². The van der Waals surface area contributed by atoms with Gasteiger partial charge in [-0.15, -0.1) is 0 Å². The predicted octanol–water partition coefficient (Wildman–Crippen LogP) is 1.75. The highest BCUT2D eigenvalue weighted by molar-refractivity contribution is 5.82. The molecule has 2 fully saturated rings. The number of aromatic nitrogens is 2. The summed E-state index contributed by atoms with van der Waals surface area (Å²) in [6, 6.07) is 6.77. The van der Waals surface area contributed by atoms with Gasteiger partial charge in [0.15, 0.2) is 0 Å². The molecule has 138 valence electrons. The van der Waals surface area contributed by atoms with Crippen LogP contribution in [0.5, 0.6) is 0 Å². The number of aryl methyl sites for hydroxylation is 2. The smallest absolute Gasteiger partial charge is 0.238 e. The minimum Gasteiger partial charge on any atom is -0.352 e. The molecule has 1 saturated carbocycles. The molecule has 4 rings (SSSR count). The second-order valence-corrected chi connectivity index (χ2v) is 7.61. The number of carbonyl (C=O) groups excluding carboxylic acids is 1. The Morgan fingerprint density at radius 1 is 1.35 bits per heavy atom. The summed E-state index contributed by atoms with van der Waals surface area (Å²) in [5.41, 5.74) is 5.95. The SMILES string of the molecule is Cc1ccc(C)c(-c2[nH]ncc2CN2CCN[C@@H](C(=O)NC3CC3)C2)c1. The highest BCUT2D eigenvalue weighted by Gasteiger charge is 2.30. The second kappa shape index (κ2) is 7.21. The van der Waals surface area contributed by atoms with Crippen molar-refractivity contribution >= 4 is 5.91 Å². The molecule has 3 N–H and O–H groups in total. The third kappa shape index (κ3) is 3.81. The molecule has 1 aromatic carbocycles.